The fourth-order valence-corrected chi connectivity index (χ4v) is 3.07. The van der Waals surface area contributed by atoms with Crippen LogP contribution in [0.1, 0.15) is 11.1 Å². The minimum Gasteiger partial charge on any atom is -0.394 e. The number of carbonyl (C=O) groups is 1. The number of benzodiazepines with no additional fused rings is 1. The van der Waals surface area contributed by atoms with Crippen molar-refractivity contribution < 1.29 is 24.5 Å². The van der Waals surface area contributed by atoms with Gasteiger partial charge in [0.15, 0.2) is 0 Å². The summed E-state index contributed by atoms with van der Waals surface area (Å²) in [6.45, 7) is -1.17. The Balaban J connectivity index is 0.00000280. The molecule has 0 aliphatic carbocycles. The van der Waals surface area contributed by atoms with Gasteiger partial charge in [-0.25, -0.2) is 4.39 Å². The first-order valence-electron chi connectivity index (χ1n) is 8.29. The predicted molar refractivity (Wildman–Crippen MR) is 107 cm³/mol. The second-order valence-corrected chi connectivity index (χ2v) is 6.56. The van der Waals surface area contributed by atoms with Crippen molar-refractivity contribution in [1.29, 1.82) is 0 Å². The van der Waals surface area contributed by atoms with E-state index in [1.807, 2.05) is 0 Å². The van der Waals surface area contributed by atoms with Crippen LogP contribution in [0.5, 0.6) is 0 Å². The Kier molecular flexibility index (Phi) is 7.51. The van der Waals surface area contributed by atoms with E-state index in [4.69, 9.17) is 16.7 Å². The van der Waals surface area contributed by atoms with E-state index in [1.165, 1.54) is 11.0 Å². The minimum atomic E-state index is -1.40. The van der Waals surface area contributed by atoms with Crippen LogP contribution in [0.2, 0.25) is 5.02 Å². The monoisotopic (exact) mass is 428 g/mol. The minimum absolute atomic E-state index is 0. The highest BCUT2D eigenvalue weighted by molar-refractivity contribution is 6.32. The molecule has 0 saturated heterocycles. The largest absolute Gasteiger partial charge is 0.394 e. The third-order valence-corrected chi connectivity index (χ3v) is 4.54. The first-order valence-corrected chi connectivity index (χ1v) is 8.66. The molecule has 1 heterocycles. The zero-order chi connectivity index (χ0) is 19.6. The number of halogens is 3. The summed E-state index contributed by atoms with van der Waals surface area (Å²) >= 11 is 6.11. The molecule has 0 fully saturated rings. The van der Waals surface area contributed by atoms with Crippen LogP contribution in [0.3, 0.4) is 0 Å². The molecule has 3 N–H and O–H groups in total. The Morgan fingerprint density at radius 3 is 2.54 bits per heavy atom. The number of aliphatic hydroxyl groups excluding tert-OH is 3. The fourth-order valence-electron chi connectivity index (χ4n) is 2.90. The molecule has 1 aliphatic heterocycles. The average Bonchev–Trinajstić information content (AvgIpc) is 2.78. The SMILES string of the molecule is Cl.O=C1CN=C(c2ccccc2F)c2cc(Cl)ccc2N1CC(O)C(O)CO. The van der Waals surface area contributed by atoms with Gasteiger partial charge in [-0.05, 0) is 30.3 Å². The molecule has 2 atom stereocenters. The van der Waals surface area contributed by atoms with Gasteiger partial charge in [-0.15, -0.1) is 12.4 Å². The van der Waals surface area contributed by atoms with Gasteiger partial charge in [0.2, 0.25) is 5.91 Å². The van der Waals surface area contributed by atoms with E-state index in [0.717, 1.165) is 0 Å². The number of rotatable bonds is 5. The second-order valence-electron chi connectivity index (χ2n) is 6.13. The van der Waals surface area contributed by atoms with Crippen molar-refractivity contribution in [2.24, 2.45) is 4.99 Å². The highest BCUT2D eigenvalue weighted by atomic mass is 35.5. The van der Waals surface area contributed by atoms with Crippen LogP contribution < -0.4 is 4.90 Å². The number of hydrogen-bond acceptors (Lipinski definition) is 5. The molecular formula is C19H19Cl2FN2O4. The van der Waals surface area contributed by atoms with E-state index in [1.54, 1.807) is 36.4 Å². The maximum absolute atomic E-state index is 14.3. The maximum atomic E-state index is 14.3. The lowest BCUT2D eigenvalue weighted by atomic mass is 9.99. The van der Waals surface area contributed by atoms with Gasteiger partial charge in [0.1, 0.15) is 24.6 Å². The lowest BCUT2D eigenvalue weighted by molar-refractivity contribution is -0.117. The Labute approximate surface area is 172 Å². The molecule has 2 aromatic rings. The van der Waals surface area contributed by atoms with Crippen molar-refractivity contribution in [3.8, 4) is 0 Å². The van der Waals surface area contributed by atoms with Gasteiger partial charge >= 0.3 is 0 Å². The van der Waals surface area contributed by atoms with Crippen molar-refractivity contribution in [2.75, 3.05) is 24.6 Å². The first-order chi connectivity index (χ1) is 12.9. The first kappa shape index (κ1) is 22.3. The quantitative estimate of drug-likeness (QED) is 0.676. The van der Waals surface area contributed by atoms with Crippen LogP contribution in [-0.4, -0.2) is 58.8 Å². The van der Waals surface area contributed by atoms with Crippen molar-refractivity contribution in [2.45, 2.75) is 12.2 Å². The van der Waals surface area contributed by atoms with Gasteiger partial charge in [-0.2, -0.15) is 0 Å². The molecule has 0 aromatic heterocycles. The van der Waals surface area contributed by atoms with Crippen molar-refractivity contribution in [3.63, 3.8) is 0 Å². The molecule has 1 aliphatic rings. The van der Waals surface area contributed by atoms with Gasteiger partial charge in [0.25, 0.3) is 0 Å². The molecular weight excluding hydrogens is 410 g/mol. The summed E-state index contributed by atoms with van der Waals surface area (Å²) in [5.74, 6) is -0.923. The van der Waals surface area contributed by atoms with Crippen molar-refractivity contribution >= 4 is 41.3 Å². The van der Waals surface area contributed by atoms with E-state index >= 15 is 0 Å². The highest BCUT2D eigenvalue weighted by Gasteiger charge is 2.29. The second kappa shape index (κ2) is 9.45. The van der Waals surface area contributed by atoms with Crippen LogP contribution in [-0.2, 0) is 4.79 Å². The maximum Gasteiger partial charge on any atom is 0.248 e. The molecule has 6 nitrogen and oxygen atoms in total. The van der Waals surface area contributed by atoms with Crippen LogP contribution in [0, 0.1) is 5.82 Å². The van der Waals surface area contributed by atoms with Crippen molar-refractivity contribution in [1.82, 2.24) is 0 Å². The Hall–Kier alpha value is -2.03. The molecule has 28 heavy (non-hydrogen) atoms. The van der Waals surface area contributed by atoms with Gasteiger partial charge in [-0.3, -0.25) is 9.79 Å². The molecule has 1 amide bonds. The average molecular weight is 429 g/mol. The van der Waals surface area contributed by atoms with Crippen LogP contribution in [0.25, 0.3) is 0 Å². The van der Waals surface area contributed by atoms with Gasteiger partial charge in [0.05, 0.1) is 24.6 Å². The molecule has 0 bridgehead atoms. The summed E-state index contributed by atoms with van der Waals surface area (Å²) in [5, 5.41) is 29.1. The van der Waals surface area contributed by atoms with Crippen molar-refractivity contribution in [3.05, 3.63) is 64.4 Å². The third kappa shape index (κ3) is 4.51. The summed E-state index contributed by atoms with van der Waals surface area (Å²) < 4.78 is 14.3. The van der Waals surface area contributed by atoms with E-state index < -0.39 is 30.5 Å². The van der Waals surface area contributed by atoms with Gasteiger partial charge < -0.3 is 20.2 Å². The number of aliphatic hydroxyl groups is 3. The number of hydrogen-bond donors (Lipinski definition) is 3. The number of benzene rings is 2. The topological polar surface area (TPSA) is 93.4 Å². The normalized spacial score (nSPS) is 15.8. The fraction of sp³-hybridized carbons (Fsp3) is 0.263. The smallest absolute Gasteiger partial charge is 0.248 e. The number of β-amino-alcohol motifs (C(OH)–C–C–N with tert-alkyl or cyclic N) is 1. The molecule has 0 saturated carbocycles. The number of carbonyl (C=O) groups excluding carboxylic acids is 1. The number of amides is 1. The van der Waals surface area contributed by atoms with E-state index in [2.05, 4.69) is 4.99 Å². The van der Waals surface area contributed by atoms with Crippen LogP contribution in [0.15, 0.2) is 47.5 Å². The highest BCUT2D eigenvalue weighted by Crippen LogP contribution is 2.30. The Bertz CT molecular complexity index is 894. The summed E-state index contributed by atoms with van der Waals surface area (Å²) in [5.41, 5.74) is 1.32. The Morgan fingerprint density at radius 1 is 1.14 bits per heavy atom. The molecule has 150 valence electrons. The standard InChI is InChI=1S/C19H18ClFN2O4.ClH/c20-11-5-6-15-13(7-11)19(12-3-1-2-4-14(12)21)22-8-18(27)23(15)9-16(25)17(26)10-24;/h1-7,16-17,24-26H,8-10H2;1H. The summed E-state index contributed by atoms with van der Waals surface area (Å²) in [6, 6.07) is 10.8. The zero-order valence-corrected chi connectivity index (χ0v) is 16.2. The molecule has 2 aromatic carbocycles. The lowest BCUT2D eigenvalue weighted by Gasteiger charge is -2.27. The van der Waals surface area contributed by atoms with Gasteiger partial charge in [0, 0.05) is 16.1 Å². The summed E-state index contributed by atoms with van der Waals surface area (Å²) in [4.78, 5) is 18.1. The Morgan fingerprint density at radius 2 is 1.86 bits per heavy atom. The number of aliphatic imine (C=N–C) groups is 1. The molecule has 0 radical (unpaired) electrons. The zero-order valence-electron chi connectivity index (χ0n) is 14.6. The number of fused-ring (bicyclic) bond motifs is 1. The van der Waals surface area contributed by atoms with Crippen LogP contribution >= 0.6 is 24.0 Å². The molecule has 0 spiro atoms. The lowest BCUT2D eigenvalue weighted by Crippen LogP contribution is -2.44. The predicted octanol–water partition coefficient (Wildman–Crippen LogP) is 1.80. The summed E-state index contributed by atoms with van der Waals surface area (Å²) in [6.07, 6.45) is -2.76. The van der Waals surface area contributed by atoms with Gasteiger partial charge in [-0.1, -0.05) is 23.7 Å². The molecule has 2 unspecified atom stereocenters. The van der Waals surface area contributed by atoms with E-state index in [0.29, 0.717) is 16.3 Å². The number of nitrogens with zero attached hydrogens (tertiary/aromatic N) is 2. The van der Waals surface area contributed by atoms with Crippen LogP contribution in [0.4, 0.5) is 10.1 Å². The van der Waals surface area contributed by atoms with E-state index in [9.17, 15) is 19.4 Å². The third-order valence-electron chi connectivity index (χ3n) is 4.31. The van der Waals surface area contributed by atoms with E-state index in [-0.39, 0.29) is 36.8 Å². The molecule has 9 heteroatoms. The molecule has 3 rings (SSSR count). The number of anilines is 1. The summed E-state index contributed by atoms with van der Waals surface area (Å²) in [7, 11) is 0.